The van der Waals surface area contributed by atoms with Crippen LogP contribution in [0.4, 0.5) is 4.79 Å². The zero-order chi connectivity index (χ0) is 13.5. The van der Waals surface area contributed by atoms with Crippen LogP contribution in [-0.4, -0.2) is 31.7 Å². The predicted octanol–water partition coefficient (Wildman–Crippen LogP) is 3.13. The normalized spacial score (nSPS) is 10.5. The zero-order valence-electron chi connectivity index (χ0n) is 11.8. The lowest BCUT2D eigenvalue weighted by atomic mass is 10.0. The van der Waals surface area contributed by atoms with Crippen LogP contribution in [0.5, 0.6) is 0 Å². The number of amides is 1. The molecule has 1 rings (SSSR count). The van der Waals surface area contributed by atoms with Crippen LogP contribution in [-0.2, 0) is 17.6 Å². The van der Waals surface area contributed by atoms with E-state index in [1.165, 1.54) is 18.2 Å². The first-order chi connectivity index (χ1) is 8.52. The van der Waals surface area contributed by atoms with Gasteiger partial charge in [0.1, 0.15) is 0 Å². The topological polar surface area (TPSA) is 29.5 Å². The Bertz CT molecular complexity index is 371. The van der Waals surface area contributed by atoms with Crippen LogP contribution in [0.1, 0.15) is 25.0 Å². The number of carbonyl (C=O) groups excluding carboxylic acids is 1. The average Bonchev–Trinajstić information content (AvgIpc) is 2.36. The first kappa shape index (κ1) is 14.6. The molecule has 0 heterocycles. The minimum atomic E-state index is -0.286. The van der Waals surface area contributed by atoms with Crippen molar-refractivity contribution in [2.75, 3.05) is 20.7 Å². The smallest absolute Gasteiger partial charge is 0.409 e. The summed E-state index contributed by atoms with van der Waals surface area (Å²) < 4.78 is 4.65. The van der Waals surface area contributed by atoms with Crippen LogP contribution in [0.15, 0.2) is 24.3 Å². The van der Waals surface area contributed by atoms with Crippen LogP contribution in [0, 0.1) is 5.92 Å². The monoisotopic (exact) mass is 249 g/mol. The molecule has 0 unspecified atom stereocenters. The number of likely N-dealkylation sites (N-methyl/N-ethyl adjacent to an activating group) is 1. The van der Waals surface area contributed by atoms with Crippen molar-refractivity contribution in [3.05, 3.63) is 35.4 Å². The Balaban J connectivity index is 2.46. The highest BCUT2D eigenvalue weighted by atomic mass is 16.5. The lowest BCUT2D eigenvalue weighted by Crippen LogP contribution is -2.28. The SMILES string of the molecule is COC(=O)N(C)CCc1ccc(CC(C)C)cc1. The summed E-state index contributed by atoms with van der Waals surface area (Å²) in [6, 6.07) is 8.63. The van der Waals surface area contributed by atoms with Gasteiger partial charge in [-0.05, 0) is 29.9 Å². The summed E-state index contributed by atoms with van der Waals surface area (Å²) in [6.07, 6.45) is 1.68. The number of rotatable bonds is 5. The molecule has 0 atom stereocenters. The zero-order valence-corrected chi connectivity index (χ0v) is 11.8. The molecule has 0 N–H and O–H groups in total. The largest absolute Gasteiger partial charge is 0.453 e. The highest BCUT2D eigenvalue weighted by molar-refractivity contribution is 5.66. The van der Waals surface area contributed by atoms with E-state index in [0.29, 0.717) is 12.5 Å². The second kappa shape index (κ2) is 7.04. The molecule has 0 aromatic heterocycles. The van der Waals surface area contributed by atoms with E-state index in [2.05, 4.69) is 42.8 Å². The van der Waals surface area contributed by atoms with E-state index in [4.69, 9.17) is 0 Å². The Morgan fingerprint density at radius 2 is 1.78 bits per heavy atom. The Labute approximate surface area is 110 Å². The van der Waals surface area contributed by atoms with Crippen molar-refractivity contribution in [1.82, 2.24) is 4.90 Å². The summed E-state index contributed by atoms with van der Waals surface area (Å²) in [4.78, 5) is 12.8. The van der Waals surface area contributed by atoms with E-state index in [9.17, 15) is 4.79 Å². The van der Waals surface area contributed by atoms with Gasteiger partial charge in [0.15, 0.2) is 0 Å². The summed E-state index contributed by atoms with van der Waals surface area (Å²) in [5, 5.41) is 0. The molecule has 1 amide bonds. The summed E-state index contributed by atoms with van der Waals surface area (Å²) in [5.74, 6) is 0.682. The van der Waals surface area contributed by atoms with Crippen LogP contribution in [0.3, 0.4) is 0 Å². The van der Waals surface area contributed by atoms with Gasteiger partial charge < -0.3 is 9.64 Å². The minimum Gasteiger partial charge on any atom is -0.453 e. The molecule has 0 radical (unpaired) electrons. The lowest BCUT2D eigenvalue weighted by Gasteiger charge is -2.15. The van der Waals surface area contributed by atoms with Crippen LogP contribution in [0.2, 0.25) is 0 Å². The fourth-order valence-corrected chi connectivity index (χ4v) is 1.86. The molecule has 100 valence electrons. The van der Waals surface area contributed by atoms with E-state index in [-0.39, 0.29) is 6.09 Å². The van der Waals surface area contributed by atoms with Crippen molar-refractivity contribution in [2.45, 2.75) is 26.7 Å². The van der Waals surface area contributed by atoms with Gasteiger partial charge in [-0.1, -0.05) is 38.1 Å². The summed E-state index contributed by atoms with van der Waals surface area (Å²) in [5.41, 5.74) is 2.62. The Kier molecular flexibility index (Phi) is 5.69. The first-order valence-corrected chi connectivity index (χ1v) is 6.39. The van der Waals surface area contributed by atoms with Crippen LogP contribution >= 0.6 is 0 Å². The number of hydrogen-bond donors (Lipinski definition) is 0. The molecule has 18 heavy (non-hydrogen) atoms. The van der Waals surface area contributed by atoms with Gasteiger partial charge in [0, 0.05) is 13.6 Å². The highest BCUT2D eigenvalue weighted by Crippen LogP contribution is 2.10. The maximum Gasteiger partial charge on any atom is 0.409 e. The quantitative estimate of drug-likeness (QED) is 0.802. The van der Waals surface area contributed by atoms with Crippen molar-refractivity contribution >= 4 is 6.09 Å². The van der Waals surface area contributed by atoms with Crippen molar-refractivity contribution < 1.29 is 9.53 Å². The maximum atomic E-state index is 11.2. The predicted molar refractivity (Wildman–Crippen MR) is 73.7 cm³/mol. The number of carbonyl (C=O) groups is 1. The standard InChI is InChI=1S/C15H23NO2/c1-12(2)11-14-7-5-13(6-8-14)9-10-16(3)15(17)18-4/h5-8,12H,9-11H2,1-4H3. The molecule has 1 aromatic rings. The third-order valence-corrected chi connectivity index (χ3v) is 2.89. The number of ether oxygens (including phenoxy) is 1. The average molecular weight is 249 g/mol. The van der Waals surface area contributed by atoms with Gasteiger partial charge in [-0.15, -0.1) is 0 Å². The van der Waals surface area contributed by atoms with Crippen LogP contribution < -0.4 is 0 Å². The molecular weight excluding hydrogens is 226 g/mol. The minimum absolute atomic E-state index is 0.286. The lowest BCUT2D eigenvalue weighted by molar-refractivity contribution is 0.134. The molecule has 3 heteroatoms. The molecule has 3 nitrogen and oxygen atoms in total. The molecule has 0 spiro atoms. The van der Waals surface area contributed by atoms with Crippen molar-refractivity contribution in [3.8, 4) is 0 Å². The fraction of sp³-hybridized carbons (Fsp3) is 0.533. The molecule has 0 bridgehead atoms. The number of benzene rings is 1. The first-order valence-electron chi connectivity index (χ1n) is 6.39. The fourth-order valence-electron chi connectivity index (χ4n) is 1.86. The summed E-state index contributed by atoms with van der Waals surface area (Å²) >= 11 is 0. The third-order valence-electron chi connectivity index (χ3n) is 2.89. The maximum absolute atomic E-state index is 11.2. The Hall–Kier alpha value is -1.51. The van der Waals surface area contributed by atoms with Gasteiger partial charge in [-0.25, -0.2) is 4.79 Å². The second-order valence-corrected chi connectivity index (χ2v) is 5.06. The molecule has 0 aliphatic heterocycles. The second-order valence-electron chi connectivity index (χ2n) is 5.06. The summed E-state index contributed by atoms with van der Waals surface area (Å²) in [7, 11) is 3.15. The van der Waals surface area contributed by atoms with Gasteiger partial charge in [0.25, 0.3) is 0 Å². The van der Waals surface area contributed by atoms with Crippen molar-refractivity contribution in [1.29, 1.82) is 0 Å². The molecule has 0 saturated carbocycles. The van der Waals surface area contributed by atoms with Crippen molar-refractivity contribution in [3.63, 3.8) is 0 Å². The Morgan fingerprint density at radius 1 is 1.22 bits per heavy atom. The number of nitrogens with zero attached hydrogens (tertiary/aromatic N) is 1. The van der Waals surface area contributed by atoms with Gasteiger partial charge in [0.2, 0.25) is 0 Å². The van der Waals surface area contributed by atoms with Crippen molar-refractivity contribution in [2.24, 2.45) is 5.92 Å². The van der Waals surface area contributed by atoms with E-state index < -0.39 is 0 Å². The van der Waals surface area contributed by atoms with E-state index in [1.54, 1.807) is 11.9 Å². The molecule has 0 aliphatic rings. The third kappa shape index (κ3) is 4.78. The van der Waals surface area contributed by atoms with Gasteiger partial charge in [-0.2, -0.15) is 0 Å². The number of methoxy groups -OCH3 is 1. The van der Waals surface area contributed by atoms with Gasteiger partial charge >= 0.3 is 6.09 Å². The molecule has 0 aliphatic carbocycles. The summed E-state index contributed by atoms with van der Waals surface area (Å²) in [6.45, 7) is 5.12. The highest BCUT2D eigenvalue weighted by Gasteiger charge is 2.07. The van der Waals surface area contributed by atoms with E-state index >= 15 is 0 Å². The van der Waals surface area contributed by atoms with Gasteiger partial charge in [-0.3, -0.25) is 0 Å². The van der Waals surface area contributed by atoms with Gasteiger partial charge in [0.05, 0.1) is 7.11 Å². The molecular formula is C15H23NO2. The molecule has 0 saturated heterocycles. The molecule has 1 aromatic carbocycles. The van der Waals surface area contributed by atoms with E-state index in [0.717, 1.165) is 12.8 Å². The Morgan fingerprint density at radius 3 is 2.28 bits per heavy atom. The van der Waals surface area contributed by atoms with Crippen LogP contribution in [0.25, 0.3) is 0 Å². The number of hydrogen-bond acceptors (Lipinski definition) is 2. The van der Waals surface area contributed by atoms with E-state index in [1.807, 2.05) is 0 Å². The molecule has 0 fully saturated rings.